The first-order chi connectivity index (χ1) is 12.7. The summed E-state index contributed by atoms with van der Waals surface area (Å²) in [6, 6.07) is 5.35. The molecule has 1 fully saturated rings. The van der Waals surface area contributed by atoms with Crippen LogP contribution in [-0.4, -0.2) is 70.6 Å². The minimum Gasteiger partial charge on any atom is -0.390 e. The van der Waals surface area contributed by atoms with Crippen LogP contribution in [0.5, 0.6) is 0 Å². The van der Waals surface area contributed by atoms with Crippen molar-refractivity contribution in [1.82, 2.24) is 19.8 Å². The van der Waals surface area contributed by atoms with Gasteiger partial charge in [0.1, 0.15) is 5.69 Å². The van der Waals surface area contributed by atoms with Gasteiger partial charge in [0.25, 0.3) is 5.91 Å². The molecular formula is C21H30N4O2. The third kappa shape index (κ3) is 5.02. The molecule has 6 nitrogen and oxygen atoms in total. The van der Waals surface area contributed by atoms with Crippen molar-refractivity contribution < 1.29 is 9.90 Å². The van der Waals surface area contributed by atoms with Crippen molar-refractivity contribution in [3.05, 3.63) is 36.3 Å². The number of pyridine rings is 2. The van der Waals surface area contributed by atoms with Crippen molar-refractivity contribution in [2.75, 3.05) is 33.7 Å². The van der Waals surface area contributed by atoms with Gasteiger partial charge in [0.2, 0.25) is 0 Å². The van der Waals surface area contributed by atoms with Gasteiger partial charge >= 0.3 is 0 Å². The van der Waals surface area contributed by atoms with Crippen LogP contribution in [0.2, 0.25) is 0 Å². The SMILES string of the molecule is CN(CC(O)CN(C)C(=O)c1ccc2cnccc2n1)CC1CC(C)(C)C1. The van der Waals surface area contributed by atoms with Crippen molar-refractivity contribution in [3.63, 3.8) is 0 Å². The zero-order valence-corrected chi connectivity index (χ0v) is 16.7. The van der Waals surface area contributed by atoms with E-state index in [9.17, 15) is 9.90 Å². The first-order valence-electron chi connectivity index (χ1n) is 9.56. The topological polar surface area (TPSA) is 69.6 Å². The molecule has 1 saturated carbocycles. The summed E-state index contributed by atoms with van der Waals surface area (Å²) in [5.41, 5.74) is 1.60. The molecule has 1 aliphatic carbocycles. The van der Waals surface area contributed by atoms with Crippen LogP contribution in [-0.2, 0) is 0 Å². The number of fused-ring (bicyclic) bond motifs is 1. The van der Waals surface area contributed by atoms with Crippen molar-refractivity contribution >= 4 is 16.8 Å². The molecule has 0 aliphatic heterocycles. The fourth-order valence-electron chi connectivity index (χ4n) is 4.24. The molecule has 1 amide bonds. The van der Waals surface area contributed by atoms with Gasteiger partial charge in [-0.3, -0.25) is 9.78 Å². The molecule has 2 heterocycles. The van der Waals surface area contributed by atoms with Crippen LogP contribution in [0.15, 0.2) is 30.6 Å². The highest BCUT2D eigenvalue weighted by atomic mass is 16.3. The monoisotopic (exact) mass is 370 g/mol. The molecule has 0 spiro atoms. The minimum absolute atomic E-state index is 0.184. The lowest BCUT2D eigenvalue weighted by molar-refractivity contribution is 0.0398. The number of carbonyl (C=O) groups excluding carboxylic acids is 1. The van der Waals surface area contributed by atoms with E-state index in [2.05, 4.69) is 28.7 Å². The maximum Gasteiger partial charge on any atom is 0.272 e. The van der Waals surface area contributed by atoms with E-state index in [1.807, 2.05) is 13.1 Å². The summed E-state index contributed by atoms with van der Waals surface area (Å²) in [7, 11) is 3.74. The van der Waals surface area contributed by atoms with Gasteiger partial charge in [-0.1, -0.05) is 13.8 Å². The van der Waals surface area contributed by atoms with Gasteiger partial charge in [0.05, 0.1) is 11.6 Å². The molecule has 0 aromatic carbocycles. The highest BCUT2D eigenvalue weighted by Gasteiger charge is 2.36. The number of hydrogen-bond acceptors (Lipinski definition) is 5. The molecule has 1 atom stereocenters. The Hall–Kier alpha value is -2.05. The molecule has 3 rings (SSSR count). The van der Waals surface area contributed by atoms with Gasteiger partial charge in [-0.05, 0) is 49.4 Å². The average molecular weight is 370 g/mol. The molecule has 0 radical (unpaired) electrons. The summed E-state index contributed by atoms with van der Waals surface area (Å²) >= 11 is 0. The Bertz CT molecular complexity index is 800. The zero-order chi connectivity index (χ0) is 19.6. The van der Waals surface area contributed by atoms with Crippen LogP contribution < -0.4 is 0 Å². The van der Waals surface area contributed by atoms with Crippen LogP contribution in [0.4, 0.5) is 0 Å². The van der Waals surface area contributed by atoms with Gasteiger partial charge in [0, 0.05) is 44.5 Å². The van der Waals surface area contributed by atoms with Crippen LogP contribution in [0.1, 0.15) is 37.2 Å². The number of carbonyl (C=O) groups is 1. The minimum atomic E-state index is -0.582. The van der Waals surface area contributed by atoms with Crippen LogP contribution in [0.25, 0.3) is 10.9 Å². The van der Waals surface area contributed by atoms with Gasteiger partial charge in [-0.15, -0.1) is 0 Å². The van der Waals surface area contributed by atoms with E-state index in [0.717, 1.165) is 17.4 Å². The number of likely N-dealkylation sites (N-methyl/N-ethyl adjacent to an activating group) is 2. The molecule has 1 N–H and O–H groups in total. The van der Waals surface area contributed by atoms with Crippen LogP contribution >= 0.6 is 0 Å². The predicted octanol–water partition coefficient (Wildman–Crippen LogP) is 2.43. The summed E-state index contributed by atoms with van der Waals surface area (Å²) in [6.45, 7) is 6.45. The molecule has 1 aliphatic rings. The smallest absolute Gasteiger partial charge is 0.272 e. The number of aliphatic hydroxyl groups is 1. The van der Waals surface area contributed by atoms with E-state index in [4.69, 9.17) is 0 Å². The Morgan fingerprint density at radius 3 is 2.70 bits per heavy atom. The lowest BCUT2D eigenvalue weighted by Crippen LogP contribution is -2.44. The van der Waals surface area contributed by atoms with Gasteiger partial charge in [-0.25, -0.2) is 4.98 Å². The van der Waals surface area contributed by atoms with Crippen molar-refractivity contribution in [3.8, 4) is 0 Å². The maximum absolute atomic E-state index is 12.6. The summed E-state index contributed by atoms with van der Waals surface area (Å²) in [5.74, 6) is 0.531. The summed E-state index contributed by atoms with van der Waals surface area (Å²) in [4.78, 5) is 24.8. The Balaban J connectivity index is 1.50. The average Bonchev–Trinajstić information content (AvgIpc) is 2.58. The van der Waals surface area contributed by atoms with Crippen LogP contribution in [0, 0.1) is 11.3 Å². The second-order valence-electron chi connectivity index (χ2n) is 8.76. The van der Waals surface area contributed by atoms with Gasteiger partial charge < -0.3 is 14.9 Å². The summed E-state index contributed by atoms with van der Waals surface area (Å²) < 4.78 is 0. The molecule has 146 valence electrons. The Morgan fingerprint density at radius 2 is 2.00 bits per heavy atom. The van der Waals surface area contributed by atoms with Crippen LogP contribution in [0.3, 0.4) is 0 Å². The summed E-state index contributed by atoms with van der Waals surface area (Å²) in [6.07, 6.45) is 5.30. The lowest BCUT2D eigenvalue weighted by Gasteiger charge is -2.44. The normalized spacial score (nSPS) is 17.7. The Labute approximate surface area is 161 Å². The number of aliphatic hydroxyl groups excluding tert-OH is 1. The highest BCUT2D eigenvalue weighted by molar-refractivity contribution is 5.94. The first-order valence-corrected chi connectivity index (χ1v) is 9.56. The third-order valence-corrected chi connectivity index (χ3v) is 5.31. The van der Waals surface area contributed by atoms with Gasteiger partial charge in [0.15, 0.2) is 0 Å². The lowest BCUT2D eigenvalue weighted by atomic mass is 9.64. The number of amides is 1. The van der Waals surface area contributed by atoms with Crippen molar-refractivity contribution in [2.45, 2.75) is 32.8 Å². The molecule has 0 bridgehead atoms. The zero-order valence-electron chi connectivity index (χ0n) is 16.7. The first kappa shape index (κ1) is 19.7. The quantitative estimate of drug-likeness (QED) is 0.811. The second-order valence-corrected chi connectivity index (χ2v) is 8.76. The van der Waals surface area contributed by atoms with E-state index in [1.54, 1.807) is 36.5 Å². The molecule has 1 unspecified atom stereocenters. The number of hydrogen-bond donors (Lipinski definition) is 1. The summed E-state index contributed by atoms with van der Waals surface area (Å²) in [5, 5.41) is 11.3. The Kier molecular flexibility index (Phi) is 5.77. The van der Waals surface area contributed by atoms with Gasteiger partial charge in [-0.2, -0.15) is 0 Å². The molecule has 2 aromatic heterocycles. The largest absolute Gasteiger partial charge is 0.390 e. The number of rotatable bonds is 7. The van der Waals surface area contributed by atoms with E-state index in [1.165, 1.54) is 12.8 Å². The molecule has 2 aromatic rings. The predicted molar refractivity (Wildman–Crippen MR) is 107 cm³/mol. The Morgan fingerprint density at radius 1 is 1.26 bits per heavy atom. The van der Waals surface area contributed by atoms with E-state index in [-0.39, 0.29) is 12.5 Å². The highest BCUT2D eigenvalue weighted by Crippen LogP contribution is 2.44. The molecular weight excluding hydrogens is 340 g/mol. The van der Waals surface area contributed by atoms with Crippen molar-refractivity contribution in [1.29, 1.82) is 0 Å². The molecule has 6 heteroatoms. The van der Waals surface area contributed by atoms with E-state index < -0.39 is 6.10 Å². The second kappa shape index (κ2) is 7.90. The number of nitrogens with zero attached hydrogens (tertiary/aromatic N) is 4. The standard InChI is InChI=1S/C21H30N4O2/c1-21(2)9-15(10-21)12-24(3)13-17(26)14-25(4)20(27)19-6-5-16-11-22-8-7-18(16)23-19/h5-8,11,15,17,26H,9-10,12-14H2,1-4H3. The maximum atomic E-state index is 12.6. The van der Waals surface area contributed by atoms with Crippen molar-refractivity contribution in [2.24, 2.45) is 11.3 Å². The molecule has 0 saturated heterocycles. The van der Waals surface area contributed by atoms with E-state index >= 15 is 0 Å². The fourth-order valence-corrected chi connectivity index (χ4v) is 4.24. The van der Waals surface area contributed by atoms with E-state index in [0.29, 0.717) is 23.6 Å². The molecule has 27 heavy (non-hydrogen) atoms. The fraction of sp³-hybridized carbons (Fsp3) is 0.571. The third-order valence-electron chi connectivity index (χ3n) is 5.31. The number of aromatic nitrogens is 2.